The fourth-order valence-corrected chi connectivity index (χ4v) is 3.58. The Balaban J connectivity index is 1.67. The van der Waals surface area contributed by atoms with E-state index in [0.717, 1.165) is 35.8 Å². The molecule has 0 atom stereocenters. The minimum Gasteiger partial charge on any atom is -0.364 e. The van der Waals surface area contributed by atoms with Gasteiger partial charge in [-0.2, -0.15) is 0 Å². The second-order valence-corrected chi connectivity index (χ2v) is 6.71. The van der Waals surface area contributed by atoms with E-state index in [-0.39, 0.29) is 5.91 Å². The van der Waals surface area contributed by atoms with Gasteiger partial charge in [0, 0.05) is 37.1 Å². The van der Waals surface area contributed by atoms with Crippen molar-refractivity contribution in [1.29, 1.82) is 0 Å². The number of hydrogen-bond acceptors (Lipinski definition) is 5. The summed E-state index contributed by atoms with van der Waals surface area (Å²) in [7, 11) is 0. The van der Waals surface area contributed by atoms with Crippen LogP contribution < -0.4 is 10.6 Å². The predicted molar refractivity (Wildman–Crippen MR) is 94.5 cm³/mol. The van der Waals surface area contributed by atoms with Crippen LogP contribution in [0.25, 0.3) is 0 Å². The Labute approximate surface area is 144 Å². The Kier molecular flexibility index (Phi) is 4.80. The number of benzene rings is 1. The van der Waals surface area contributed by atoms with Crippen LogP contribution in [0, 0.1) is 6.92 Å². The average Bonchev–Trinajstić information content (AvgIpc) is 2.94. The van der Waals surface area contributed by atoms with E-state index in [2.05, 4.69) is 9.88 Å². The first-order valence-corrected chi connectivity index (χ1v) is 8.79. The van der Waals surface area contributed by atoms with Crippen LogP contribution in [0.5, 0.6) is 0 Å². The maximum Gasteiger partial charge on any atom is 0.268 e. The van der Waals surface area contributed by atoms with E-state index in [1.54, 1.807) is 5.38 Å². The van der Waals surface area contributed by atoms with Crippen LogP contribution in [0.2, 0.25) is 0 Å². The number of amides is 2. The van der Waals surface area contributed by atoms with Crippen molar-refractivity contribution in [3.63, 3.8) is 0 Å². The highest BCUT2D eigenvalue weighted by molar-refractivity contribution is 7.13. The van der Waals surface area contributed by atoms with Crippen molar-refractivity contribution in [2.24, 2.45) is 5.73 Å². The molecule has 3 rings (SSSR count). The van der Waals surface area contributed by atoms with Crippen molar-refractivity contribution in [1.82, 2.24) is 9.88 Å². The molecule has 1 aliphatic heterocycles. The summed E-state index contributed by atoms with van der Waals surface area (Å²) < 4.78 is 0. The first-order valence-electron chi connectivity index (χ1n) is 7.91. The molecule has 6 nitrogen and oxygen atoms in total. The third-order valence-corrected chi connectivity index (χ3v) is 5.00. The molecule has 126 valence electrons. The molecule has 1 saturated heterocycles. The molecule has 1 fully saturated rings. The molecular formula is C17H20N4O2S. The van der Waals surface area contributed by atoms with Gasteiger partial charge in [0.05, 0.1) is 0 Å². The molecule has 1 aliphatic rings. The molecule has 2 N–H and O–H groups in total. The quantitative estimate of drug-likeness (QED) is 0.922. The minimum absolute atomic E-state index is 0.0637. The van der Waals surface area contributed by atoms with Gasteiger partial charge in [0.2, 0.25) is 0 Å². The Hall–Kier alpha value is -2.41. The molecule has 7 heteroatoms. The summed E-state index contributed by atoms with van der Waals surface area (Å²) in [5.41, 5.74) is 7.42. The molecule has 2 aromatic rings. The van der Waals surface area contributed by atoms with Crippen molar-refractivity contribution < 1.29 is 9.59 Å². The van der Waals surface area contributed by atoms with E-state index in [9.17, 15) is 9.59 Å². The highest BCUT2D eigenvalue weighted by Crippen LogP contribution is 2.22. The fraction of sp³-hybridized carbons (Fsp3) is 0.353. The third kappa shape index (κ3) is 3.56. The Morgan fingerprint density at radius 1 is 1.12 bits per heavy atom. The summed E-state index contributed by atoms with van der Waals surface area (Å²) in [5.74, 6) is -0.447. The van der Waals surface area contributed by atoms with Crippen LogP contribution in [-0.2, 0) is 0 Å². The predicted octanol–water partition coefficient (Wildman–Crippen LogP) is 1.90. The zero-order chi connectivity index (χ0) is 17.1. The van der Waals surface area contributed by atoms with Crippen molar-refractivity contribution >= 4 is 28.3 Å². The molecule has 1 aromatic heterocycles. The summed E-state index contributed by atoms with van der Waals surface area (Å²) in [6, 6.07) is 7.66. The number of aromatic nitrogens is 1. The van der Waals surface area contributed by atoms with Gasteiger partial charge in [-0.05, 0) is 25.5 Å². The zero-order valence-electron chi connectivity index (χ0n) is 13.6. The lowest BCUT2D eigenvalue weighted by atomic mass is 10.1. The number of thiazole rings is 1. The molecule has 1 aromatic carbocycles. The fourth-order valence-electron chi connectivity index (χ4n) is 2.71. The number of hydrogen-bond donors (Lipinski definition) is 1. The maximum atomic E-state index is 12.6. The van der Waals surface area contributed by atoms with Gasteiger partial charge in [0.25, 0.3) is 11.8 Å². The maximum absolute atomic E-state index is 12.6. The van der Waals surface area contributed by atoms with Gasteiger partial charge >= 0.3 is 0 Å². The highest BCUT2D eigenvalue weighted by atomic mass is 32.1. The lowest BCUT2D eigenvalue weighted by Gasteiger charge is -2.21. The lowest BCUT2D eigenvalue weighted by Crippen LogP contribution is -2.35. The van der Waals surface area contributed by atoms with E-state index in [1.807, 2.05) is 36.1 Å². The van der Waals surface area contributed by atoms with Crippen LogP contribution in [-0.4, -0.2) is 47.9 Å². The van der Waals surface area contributed by atoms with Gasteiger partial charge in [-0.1, -0.05) is 17.7 Å². The molecular weight excluding hydrogens is 324 g/mol. The number of carbonyl (C=O) groups is 2. The smallest absolute Gasteiger partial charge is 0.268 e. The van der Waals surface area contributed by atoms with E-state index in [0.29, 0.717) is 18.8 Å². The SMILES string of the molecule is Cc1ccc(C(=O)N2CCCN(c3nc(C(N)=O)cs3)CC2)cc1. The van der Waals surface area contributed by atoms with Gasteiger partial charge in [-0.25, -0.2) is 4.98 Å². The van der Waals surface area contributed by atoms with Crippen LogP contribution in [0.3, 0.4) is 0 Å². The van der Waals surface area contributed by atoms with E-state index < -0.39 is 5.91 Å². The number of aryl methyl sites for hydroxylation is 1. The summed E-state index contributed by atoms with van der Waals surface area (Å²) >= 11 is 1.41. The molecule has 2 heterocycles. The summed E-state index contributed by atoms with van der Waals surface area (Å²) in [4.78, 5) is 32.1. The Morgan fingerprint density at radius 2 is 1.88 bits per heavy atom. The van der Waals surface area contributed by atoms with Crippen LogP contribution in [0.1, 0.15) is 32.8 Å². The minimum atomic E-state index is -0.511. The summed E-state index contributed by atoms with van der Waals surface area (Å²) in [6.07, 6.45) is 0.864. The Morgan fingerprint density at radius 3 is 2.54 bits per heavy atom. The summed E-state index contributed by atoms with van der Waals surface area (Å²) in [5, 5.41) is 2.46. The van der Waals surface area contributed by atoms with Crippen molar-refractivity contribution in [2.75, 3.05) is 31.1 Å². The normalized spacial score (nSPS) is 15.2. The lowest BCUT2D eigenvalue weighted by molar-refractivity contribution is 0.0767. The van der Waals surface area contributed by atoms with Crippen molar-refractivity contribution in [3.05, 3.63) is 46.5 Å². The number of nitrogens with two attached hydrogens (primary N) is 1. The van der Waals surface area contributed by atoms with Crippen LogP contribution in [0.4, 0.5) is 5.13 Å². The molecule has 0 bridgehead atoms. The standard InChI is InChI=1S/C17H20N4O2S/c1-12-3-5-13(6-4-12)16(23)20-7-2-8-21(10-9-20)17-19-14(11-24-17)15(18)22/h3-6,11H,2,7-10H2,1H3,(H2,18,22). The topological polar surface area (TPSA) is 79.5 Å². The van der Waals surface area contributed by atoms with Crippen LogP contribution >= 0.6 is 11.3 Å². The molecule has 0 aliphatic carbocycles. The zero-order valence-corrected chi connectivity index (χ0v) is 14.4. The largest absolute Gasteiger partial charge is 0.364 e. The van der Waals surface area contributed by atoms with Gasteiger partial charge in [-0.15, -0.1) is 11.3 Å². The monoisotopic (exact) mass is 344 g/mol. The number of rotatable bonds is 3. The second kappa shape index (κ2) is 7.00. The number of primary amides is 1. The highest BCUT2D eigenvalue weighted by Gasteiger charge is 2.22. The first-order chi connectivity index (χ1) is 11.5. The molecule has 0 radical (unpaired) electrons. The number of anilines is 1. The van der Waals surface area contributed by atoms with Crippen LogP contribution in [0.15, 0.2) is 29.6 Å². The third-order valence-electron chi connectivity index (χ3n) is 4.10. The average molecular weight is 344 g/mol. The Bertz CT molecular complexity index is 741. The first kappa shape index (κ1) is 16.4. The van der Waals surface area contributed by atoms with Crippen molar-refractivity contribution in [2.45, 2.75) is 13.3 Å². The second-order valence-electron chi connectivity index (χ2n) is 5.88. The molecule has 0 unspecified atom stereocenters. The van der Waals surface area contributed by atoms with Crippen molar-refractivity contribution in [3.8, 4) is 0 Å². The van der Waals surface area contributed by atoms with E-state index in [1.165, 1.54) is 11.3 Å². The molecule has 0 spiro atoms. The number of carbonyl (C=O) groups excluding carboxylic acids is 2. The van der Waals surface area contributed by atoms with Gasteiger partial charge in [0.1, 0.15) is 5.69 Å². The summed E-state index contributed by atoms with van der Waals surface area (Å²) in [6.45, 7) is 4.87. The number of nitrogens with zero attached hydrogens (tertiary/aromatic N) is 3. The van der Waals surface area contributed by atoms with Gasteiger partial charge in [-0.3, -0.25) is 9.59 Å². The van der Waals surface area contributed by atoms with E-state index >= 15 is 0 Å². The van der Waals surface area contributed by atoms with E-state index in [4.69, 9.17) is 5.73 Å². The molecule has 0 saturated carbocycles. The molecule has 24 heavy (non-hydrogen) atoms. The van der Waals surface area contributed by atoms with Gasteiger partial charge in [0.15, 0.2) is 5.13 Å². The van der Waals surface area contributed by atoms with Gasteiger partial charge < -0.3 is 15.5 Å². The molecule has 2 amide bonds.